The van der Waals surface area contributed by atoms with E-state index in [2.05, 4.69) is 51.2 Å². The second-order valence-corrected chi connectivity index (χ2v) is 10.5. The maximum Gasteiger partial charge on any atom is 0.244 e. The van der Waals surface area contributed by atoms with Crippen LogP contribution >= 0.6 is 0 Å². The van der Waals surface area contributed by atoms with Crippen LogP contribution in [0.25, 0.3) is 6.08 Å². The highest BCUT2D eigenvalue weighted by molar-refractivity contribution is 5.91. The Morgan fingerprint density at radius 3 is 2.65 bits per heavy atom. The van der Waals surface area contributed by atoms with Gasteiger partial charge in [-0.1, -0.05) is 82.6 Å². The van der Waals surface area contributed by atoms with Gasteiger partial charge in [0.15, 0.2) is 0 Å². The van der Waals surface area contributed by atoms with Crippen molar-refractivity contribution in [3.63, 3.8) is 0 Å². The van der Waals surface area contributed by atoms with Gasteiger partial charge in [-0.3, -0.25) is 4.79 Å². The van der Waals surface area contributed by atoms with Crippen molar-refractivity contribution in [2.45, 2.75) is 71.1 Å². The fraction of sp³-hybridized carbons (Fsp3) is 0.483. The Balaban J connectivity index is 1.49. The van der Waals surface area contributed by atoms with Gasteiger partial charge in [-0.05, 0) is 76.7 Å². The molecule has 2 heteroatoms. The Bertz CT molecular complexity index is 960. The normalized spacial score (nSPS) is 27.7. The zero-order valence-electron chi connectivity index (χ0n) is 19.6. The molecular weight excluding hydrogens is 378 g/mol. The number of aryl methyl sites for hydroxylation is 1. The molecule has 0 bridgehead atoms. The highest BCUT2D eigenvalue weighted by Gasteiger charge is 2.51. The van der Waals surface area contributed by atoms with Crippen molar-refractivity contribution in [3.8, 4) is 0 Å². The molecule has 3 atom stereocenters. The SMILES string of the molecule is CC(C)c1ccc2c(c1)CC[C@H]1[C@](C)(CNC(=O)/C=C/c3ccccc3)CCC[C@]21C. The van der Waals surface area contributed by atoms with Crippen LogP contribution in [0.15, 0.2) is 54.6 Å². The smallest absolute Gasteiger partial charge is 0.244 e. The van der Waals surface area contributed by atoms with Crippen molar-refractivity contribution >= 4 is 12.0 Å². The zero-order chi connectivity index (χ0) is 22.1. The van der Waals surface area contributed by atoms with E-state index in [1.165, 1.54) is 31.2 Å². The van der Waals surface area contributed by atoms with Gasteiger partial charge in [0.05, 0.1) is 0 Å². The summed E-state index contributed by atoms with van der Waals surface area (Å²) in [5.41, 5.74) is 5.98. The predicted octanol–water partition coefficient (Wildman–Crippen LogP) is 6.65. The number of nitrogens with one attached hydrogen (secondary N) is 1. The van der Waals surface area contributed by atoms with Crippen molar-refractivity contribution in [1.29, 1.82) is 0 Å². The summed E-state index contributed by atoms with van der Waals surface area (Å²) in [5, 5.41) is 3.24. The summed E-state index contributed by atoms with van der Waals surface area (Å²) < 4.78 is 0. The van der Waals surface area contributed by atoms with Crippen LogP contribution in [-0.2, 0) is 16.6 Å². The molecule has 2 aliphatic carbocycles. The lowest BCUT2D eigenvalue weighted by atomic mass is 9.49. The quantitative estimate of drug-likeness (QED) is 0.544. The van der Waals surface area contributed by atoms with Crippen LogP contribution in [-0.4, -0.2) is 12.5 Å². The molecule has 2 aromatic rings. The topological polar surface area (TPSA) is 29.1 Å². The van der Waals surface area contributed by atoms with E-state index in [0.29, 0.717) is 11.8 Å². The molecule has 1 amide bonds. The van der Waals surface area contributed by atoms with E-state index >= 15 is 0 Å². The predicted molar refractivity (Wildman–Crippen MR) is 130 cm³/mol. The monoisotopic (exact) mass is 415 g/mol. The number of hydrogen-bond acceptors (Lipinski definition) is 1. The van der Waals surface area contributed by atoms with E-state index in [9.17, 15) is 4.79 Å². The van der Waals surface area contributed by atoms with Crippen LogP contribution in [0.5, 0.6) is 0 Å². The average Bonchev–Trinajstić information content (AvgIpc) is 2.76. The van der Waals surface area contributed by atoms with E-state index < -0.39 is 0 Å². The molecule has 0 aliphatic heterocycles. The molecule has 0 spiro atoms. The number of hydrogen-bond donors (Lipinski definition) is 1. The molecule has 0 aromatic heterocycles. The summed E-state index contributed by atoms with van der Waals surface area (Å²) in [6.07, 6.45) is 9.62. The molecular formula is C29H37NO. The molecule has 2 aromatic carbocycles. The van der Waals surface area contributed by atoms with Crippen molar-refractivity contribution in [1.82, 2.24) is 5.32 Å². The van der Waals surface area contributed by atoms with Gasteiger partial charge < -0.3 is 5.32 Å². The van der Waals surface area contributed by atoms with Gasteiger partial charge in [0, 0.05) is 12.6 Å². The Labute approximate surface area is 188 Å². The summed E-state index contributed by atoms with van der Waals surface area (Å²) in [6, 6.07) is 17.2. The van der Waals surface area contributed by atoms with Gasteiger partial charge in [0.2, 0.25) is 5.91 Å². The Morgan fingerprint density at radius 1 is 1.13 bits per heavy atom. The van der Waals surface area contributed by atoms with Crippen LogP contribution in [0.3, 0.4) is 0 Å². The molecule has 0 heterocycles. The van der Waals surface area contributed by atoms with E-state index in [1.54, 1.807) is 17.2 Å². The lowest BCUT2D eigenvalue weighted by Crippen LogP contribution is -2.53. The van der Waals surface area contributed by atoms with Gasteiger partial charge in [-0.25, -0.2) is 0 Å². The highest BCUT2D eigenvalue weighted by Crippen LogP contribution is 2.57. The molecule has 0 radical (unpaired) electrons. The standard InChI is InChI=1S/C29H37NO/c1-21(2)23-12-14-25-24(19-23)13-15-26-28(3,17-8-18-29(25,26)4)20-30-27(31)16-11-22-9-6-5-7-10-22/h5-7,9-12,14,16,19,21,26H,8,13,15,17-18,20H2,1-4H3,(H,30,31)/b16-11+/t26-,28-,29+/m0/s1. The first-order valence-electron chi connectivity index (χ1n) is 12.0. The number of carbonyl (C=O) groups is 1. The second-order valence-electron chi connectivity index (χ2n) is 10.5. The molecule has 4 rings (SSSR count). The molecule has 1 N–H and O–H groups in total. The number of amides is 1. The molecule has 2 nitrogen and oxygen atoms in total. The molecule has 2 aliphatic rings. The maximum atomic E-state index is 12.5. The first-order valence-corrected chi connectivity index (χ1v) is 12.0. The number of carbonyl (C=O) groups excluding carboxylic acids is 1. The van der Waals surface area contributed by atoms with Crippen molar-refractivity contribution < 1.29 is 4.79 Å². The summed E-state index contributed by atoms with van der Waals surface area (Å²) >= 11 is 0. The summed E-state index contributed by atoms with van der Waals surface area (Å²) in [7, 11) is 0. The molecule has 0 saturated heterocycles. The van der Waals surface area contributed by atoms with Crippen LogP contribution in [0.2, 0.25) is 0 Å². The van der Waals surface area contributed by atoms with E-state index in [0.717, 1.165) is 18.5 Å². The number of fused-ring (bicyclic) bond motifs is 3. The van der Waals surface area contributed by atoms with Gasteiger partial charge >= 0.3 is 0 Å². The van der Waals surface area contributed by atoms with E-state index in [-0.39, 0.29) is 16.7 Å². The molecule has 164 valence electrons. The molecule has 1 saturated carbocycles. The van der Waals surface area contributed by atoms with E-state index in [1.807, 2.05) is 36.4 Å². The first-order chi connectivity index (χ1) is 14.8. The van der Waals surface area contributed by atoms with Gasteiger partial charge in [-0.2, -0.15) is 0 Å². The molecule has 1 fully saturated rings. The third-order valence-corrected chi connectivity index (χ3v) is 8.06. The summed E-state index contributed by atoms with van der Waals surface area (Å²) in [6.45, 7) is 10.2. The summed E-state index contributed by atoms with van der Waals surface area (Å²) in [5.74, 6) is 1.19. The number of rotatable bonds is 5. The van der Waals surface area contributed by atoms with Gasteiger partial charge in [-0.15, -0.1) is 0 Å². The first kappa shape index (κ1) is 21.9. The van der Waals surface area contributed by atoms with E-state index in [4.69, 9.17) is 0 Å². The summed E-state index contributed by atoms with van der Waals surface area (Å²) in [4.78, 5) is 12.5. The third kappa shape index (κ3) is 4.35. The van der Waals surface area contributed by atoms with Crippen LogP contribution in [0.1, 0.15) is 81.5 Å². The van der Waals surface area contributed by atoms with Crippen molar-refractivity contribution in [2.75, 3.05) is 6.54 Å². The maximum absolute atomic E-state index is 12.5. The van der Waals surface area contributed by atoms with Gasteiger partial charge in [0.25, 0.3) is 0 Å². The van der Waals surface area contributed by atoms with Crippen LogP contribution in [0, 0.1) is 11.3 Å². The fourth-order valence-electron chi connectivity index (χ4n) is 6.30. The second kappa shape index (κ2) is 8.65. The van der Waals surface area contributed by atoms with Crippen molar-refractivity contribution in [2.24, 2.45) is 11.3 Å². The minimum Gasteiger partial charge on any atom is -0.352 e. The van der Waals surface area contributed by atoms with Gasteiger partial charge in [0.1, 0.15) is 0 Å². The lowest BCUT2D eigenvalue weighted by molar-refractivity contribution is -0.117. The minimum atomic E-state index is 0.00939. The Morgan fingerprint density at radius 2 is 1.90 bits per heavy atom. The Kier molecular flexibility index (Phi) is 6.10. The Hall–Kier alpha value is -2.35. The fourth-order valence-corrected chi connectivity index (χ4v) is 6.30. The van der Waals surface area contributed by atoms with Crippen molar-refractivity contribution in [3.05, 3.63) is 76.9 Å². The van der Waals surface area contributed by atoms with Crippen LogP contribution in [0.4, 0.5) is 0 Å². The minimum absolute atomic E-state index is 0.00939. The lowest BCUT2D eigenvalue weighted by Gasteiger charge is -2.55. The molecule has 31 heavy (non-hydrogen) atoms. The number of benzene rings is 2. The largest absolute Gasteiger partial charge is 0.352 e. The average molecular weight is 416 g/mol. The van der Waals surface area contributed by atoms with Crippen LogP contribution < -0.4 is 5.32 Å². The zero-order valence-corrected chi connectivity index (χ0v) is 19.6. The third-order valence-electron chi connectivity index (χ3n) is 8.06. The highest BCUT2D eigenvalue weighted by atomic mass is 16.1. The molecule has 0 unspecified atom stereocenters.